The number of carbonyl (C=O) groups excluding carboxylic acids is 2. The van der Waals surface area contributed by atoms with Crippen molar-refractivity contribution in [2.45, 2.75) is 63.1 Å². The van der Waals surface area contributed by atoms with Crippen LogP contribution in [0.15, 0.2) is 30.3 Å². The molecule has 1 fully saturated rings. The van der Waals surface area contributed by atoms with E-state index in [1.54, 1.807) is 17.4 Å². The minimum atomic E-state index is -0.153. The van der Waals surface area contributed by atoms with Crippen LogP contribution >= 0.6 is 22.9 Å². The van der Waals surface area contributed by atoms with Crippen molar-refractivity contribution in [1.82, 2.24) is 20.5 Å². The lowest BCUT2D eigenvalue weighted by Crippen LogP contribution is -2.53. The average Bonchev–Trinajstić information content (AvgIpc) is 3.43. The molecular formula is C26H31ClN4O2S. The van der Waals surface area contributed by atoms with E-state index in [0.717, 1.165) is 60.7 Å². The van der Waals surface area contributed by atoms with Gasteiger partial charge in [0, 0.05) is 38.9 Å². The first-order chi connectivity index (χ1) is 16.4. The Morgan fingerprint density at radius 1 is 1.03 bits per heavy atom. The van der Waals surface area contributed by atoms with E-state index in [1.807, 2.05) is 18.2 Å². The van der Waals surface area contributed by atoms with E-state index in [1.165, 1.54) is 10.4 Å². The number of benzene rings is 1. The van der Waals surface area contributed by atoms with Gasteiger partial charge in [-0.15, -0.1) is 11.3 Å². The second-order valence-electron chi connectivity index (χ2n) is 9.78. The Morgan fingerprint density at radius 2 is 1.76 bits per heavy atom. The van der Waals surface area contributed by atoms with E-state index in [0.29, 0.717) is 16.8 Å². The van der Waals surface area contributed by atoms with Gasteiger partial charge in [0.05, 0.1) is 4.88 Å². The minimum Gasteiger partial charge on any atom is -0.351 e. The molecule has 2 aromatic heterocycles. The van der Waals surface area contributed by atoms with Gasteiger partial charge in [-0.1, -0.05) is 24.4 Å². The lowest BCUT2D eigenvalue weighted by Gasteiger charge is -2.32. The Morgan fingerprint density at radius 3 is 2.50 bits per heavy atom. The third kappa shape index (κ3) is 4.88. The summed E-state index contributed by atoms with van der Waals surface area (Å²) in [5.74, 6) is -0.174. The quantitative estimate of drug-likeness (QED) is 0.474. The van der Waals surface area contributed by atoms with Crippen LogP contribution in [0.4, 0.5) is 0 Å². The summed E-state index contributed by atoms with van der Waals surface area (Å²) in [6.07, 6.45) is 6.99. The van der Waals surface area contributed by atoms with Crippen molar-refractivity contribution < 1.29 is 9.59 Å². The Bertz CT molecular complexity index is 1220. The molecule has 0 radical (unpaired) electrons. The number of thiophene rings is 1. The predicted molar refractivity (Wildman–Crippen MR) is 138 cm³/mol. The lowest BCUT2D eigenvalue weighted by molar-refractivity contribution is 0.0862. The number of rotatable bonds is 5. The molecule has 6 nitrogen and oxygen atoms in total. The number of halogens is 1. The predicted octanol–water partition coefficient (Wildman–Crippen LogP) is 4.77. The molecule has 1 aromatic carbocycles. The zero-order valence-corrected chi connectivity index (χ0v) is 21.2. The number of aryl methyl sites for hydroxylation is 1. The topological polar surface area (TPSA) is 77.2 Å². The highest BCUT2D eigenvalue weighted by Crippen LogP contribution is 2.31. The van der Waals surface area contributed by atoms with Crippen molar-refractivity contribution in [3.8, 4) is 0 Å². The highest BCUT2D eigenvalue weighted by Gasteiger charge is 2.30. The van der Waals surface area contributed by atoms with Crippen molar-refractivity contribution in [2.75, 3.05) is 14.1 Å². The van der Waals surface area contributed by atoms with E-state index in [9.17, 15) is 9.59 Å². The third-order valence-corrected chi connectivity index (χ3v) is 8.68. The van der Waals surface area contributed by atoms with Gasteiger partial charge in [0.2, 0.25) is 0 Å². The lowest BCUT2D eigenvalue weighted by atomic mass is 9.90. The highest BCUT2D eigenvalue weighted by atomic mass is 35.5. The molecule has 2 heterocycles. The van der Waals surface area contributed by atoms with Gasteiger partial charge in [-0.25, -0.2) is 0 Å². The molecule has 8 heteroatoms. The number of hydrogen-bond acceptors (Lipinski definition) is 4. The number of fused-ring (bicyclic) bond motifs is 2. The molecule has 0 bridgehead atoms. The number of nitrogens with one attached hydrogen (secondary N) is 3. The molecule has 0 spiro atoms. The first-order valence-corrected chi connectivity index (χ1v) is 13.2. The molecule has 180 valence electrons. The Kier molecular flexibility index (Phi) is 6.69. The number of H-pyrrole nitrogens is 1. The first-order valence-electron chi connectivity index (χ1n) is 12.1. The molecule has 2 aliphatic rings. The van der Waals surface area contributed by atoms with E-state index in [2.05, 4.69) is 40.7 Å². The van der Waals surface area contributed by atoms with Crippen LogP contribution in [0.25, 0.3) is 10.9 Å². The van der Waals surface area contributed by atoms with Crippen LogP contribution in [0.1, 0.15) is 62.7 Å². The summed E-state index contributed by atoms with van der Waals surface area (Å²) in [6, 6.07) is 9.80. The number of aromatic amines is 1. The van der Waals surface area contributed by atoms with Gasteiger partial charge in [-0.3, -0.25) is 9.59 Å². The molecule has 3 atom stereocenters. The van der Waals surface area contributed by atoms with Crippen LogP contribution in [-0.4, -0.2) is 53.9 Å². The molecule has 5 rings (SSSR count). The summed E-state index contributed by atoms with van der Waals surface area (Å²) in [6.45, 7) is 0. The van der Waals surface area contributed by atoms with E-state index >= 15 is 0 Å². The summed E-state index contributed by atoms with van der Waals surface area (Å²) in [5, 5.41) is 7.95. The number of nitrogens with zero attached hydrogens (tertiary/aromatic N) is 1. The molecule has 3 aromatic rings. The number of carbonyl (C=O) groups is 2. The zero-order valence-electron chi connectivity index (χ0n) is 19.6. The summed E-state index contributed by atoms with van der Waals surface area (Å²) < 4.78 is 0. The van der Waals surface area contributed by atoms with Crippen LogP contribution in [0.2, 0.25) is 5.02 Å². The Hall–Kier alpha value is -2.35. The smallest absolute Gasteiger partial charge is 0.268 e. The second-order valence-corrected chi connectivity index (χ2v) is 11.4. The fraction of sp³-hybridized carbons (Fsp3) is 0.462. The molecule has 1 unspecified atom stereocenters. The zero-order chi connectivity index (χ0) is 23.8. The van der Waals surface area contributed by atoms with Crippen LogP contribution in [-0.2, 0) is 12.8 Å². The van der Waals surface area contributed by atoms with Gasteiger partial charge in [0.25, 0.3) is 11.8 Å². The summed E-state index contributed by atoms with van der Waals surface area (Å²) in [5.41, 5.74) is 2.70. The summed E-state index contributed by atoms with van der Waals surface area (Å²) in [4.78, 5) is 33.7. The monoisotopic (exact) mass is 498 g/mol. The van der Waals surface area contributed by atoms with Crippen molar-refractivity contribution in [3.63, 3.8) is 0 Å². The van der Waals surface area contributed by atoms with Gasteiger partial charge >= 0.3 is 0 Å². The summed E-state index contributed by atoms with van der Waals surface area (Å²) in [7, 11) is 4.25. The first kappa shape index (κ1) is 23.4. The molecule has 1 saturated carbocycles. The second kappa shape index (κ2) is 9.72. The van der Waals surface area contributed by atoms with Crippen molar-refractivity contribution in [2.24, 2.45) is 0 Å². The Balaban J connectivity index is 1.26. The molecule has 34 heavy (non-hydrogen) atoms. The van der Waals surface area contributed by atoms with E-state index < -0.39 is 0 Å². The molecule has 0 saturated heterocycles. The van der Waals surface area contributed by atoms with Gasteiger partial charge < -0.3 is 20.5 Å². The average molecular weight is 499 g/mol. The maximum atomic E-state index is 13.2. The third-order valence-electron chi connectivity index (χ3n) is 7.25. The molecule has 0 aliphatic heterocycles. The number of amides is 2. The van der Waals surface area contributed by atoms with Crippen molar-refractivity contribution in [3.05, 3.63) is 56.4 Å². The number of likely N-dealkylation sites (N-methyl/N-ethyl adjacent to an activating group) is 1. The number of hydrogen-bond donors (Lipinski definition) is 3. The van der Waals surface area contributed by atoms with E-state index in [-0.39, 0.29) is 23.9 Å². The van der Waals surface area contributed by atoms with Gasteiger partial charge in [-0.2, -0.15) is 0 Å². The molecular weight excluding hydrogens is 468 g/mol. The van der Waals surface area contributed by atoms with Crippen molar-refractivity contribution >= 4 is 45.7 Å². The SMILES string of the molecule is CN(C)C1CCc2cc(C(=O)N[C@@H]3CCCC[C@@H]3NC(=O)c3cc4cc(Cl)ccc4[nH]3)sc2C1. The van der Waals surface area contributed by atoms with Gasteiger partial charge in [0.1, 0.15) is 5.69 Å². The minimum absolute atomic E-state index is 0.0211. The molecule has 2 aliphatic carbocycles. The highest BCUT2D eigenvalue weighted by molar-refractivity contribution is 7.14. The van der Waals surface area contributed by atoms with E-state index in [4.69, 9.17) is 11.6 Å². The largest absolute Gasteiger partial charge is 0.351 e. The van der Waals surface area contributed by atoms with Crippen LogP contribution in [0.5, 0.6) is 0 Å². The summed E-state index contributed by atoms with van der Waals surface area (Å²) >= 11 is 7.71. The van der Waals surface area contributed by atoms with Crippen LogP contribution in [0, 0.1) is 0 Å². The standard InChI is InChI=1S/C26H31ClN4O2S/c1-31(2)18-9-7-15-13-24(34-23(15)14-18)26(33)30-21-6-4-3-5-20(21)29-25(32)22-12-16-11-17(27)8-10-19(16)28-22/h8,10-13,18,20-21,28H,3-7,9,14H2,1-2H3,(H,29,32)(H,30,33)/t18?,20-,21+/m0/s1. The maximum Gasteiger partial charge on any atom is 0.268 e. The van der Waals surface area contributed by atoms with Crippen LogP contribution in [0.3, 0.4) is 0 Å². The van der Waals surface area contributed by atoms with Gasteiger partial charge in [0.15, 0.2) is 0 Å². The molecule has 2 amide bonds. The Labute approximate surface area is 209 Å². The normalized spacial score (nSPS) is 22.5. The number of aromatic nitrogens is 1. The molecule has 3 N–H and O–H groups in total. The fourth-order valence-electron chi connectivity index (χ4n) is 5.23. The van der Waals surface area contributed by atoms with Crippen molar-refractivity contribution in [1.29, 1.82) is 0 Å². The van der Waals surface area contributed by atoms with Gasteiger partial charge in [-0.05, 0) is 82.1 Å². The fourth-order valence-corrected chi connectivity index (χ4v) is 6.60. The maximum absolute atomic E-state index is 13.2. The van der Waals surface area contributed by atoms with Crippen LogP contribution < -0.4 is 10.6 Å².